The van der Waals surface area contributed by atoms with Crippen molar-refractivity contribution in [3.8, 4) is 0 Å². The first-order valence-electron chi connectivity index (χ1n) is 5.06. The summed E-state index contributed by atoms with van der Waals surface area (Å²) in [4.78, 5) is 18.8. The van der Waals surface area contributed by atoms with Gasteiger partial charge in [0, 0.05) is 5.66 Å². The number of fused-ring (bicyclic) bond motifs is 2. The van der Waals surface area contributed by atoms with Crippen molar-refractivity contribution in [3.05, 3.63) is 0 Å². The van der Waals surface area contributed by atoms with Gasteiger partial charge in [-0.25, -0.2) is 0 Å². The van der Waals surface area contributed by atoms with E-state index in [1.165, 1.54) is 12.8 Å². The van der Waals surface area contributed by atoms with E-state index in [0.29, 0.717) is 11.3 Å². The summed E-state index contributed by atoms with van der Waals surface area (Å²) in [6.07, 6.45) is 3.49. The van der Waals surface area contributed by atoms with Crippen molar-refractivity contribution in [2.75, 3.05) is 0 Å². The molecule has 0 spiro atoms. The van der Waals surface area contributed by atoms with Crippen molar-refractivity contribution in [3.63, 3.8) is 0 Å². The van der Waals surface area contributed by atoms with E-state index in [2.05, 4.69) is 20.8 Å². The Kier molecular flexibility index (Phi) is 2.04. The molecule has 2 aliphatic rings. The first-order chi connectivity index (χ1) is 5.89. The Labute approximate surface area is 81.3 Å². The SMILES string of the molecule is CC1(C)[C@H]2CC[C@]1(C)[C@H](P(O)O)C2. The lowest BCUT2D eigenvalue weighted by Crippen LogP contribution is -2.34. The third-order valence-electron chi connectivity index (χ3n) is 5.03. The molecule has 0 aromatic carbocycles. The van der Waals surface area contributed by atoms with E-state index in [9.17, 15) is 9.79 Å². The molecular formula is C10H19O2P. The fraction of sp³-hybridized carbons (Fsp3) is 1.00. The van der Waals surface area contributed by atoms with E-state index in [1.54, 1.807) is 0 Å². The highest BCUT2D eigenvalue weighted by molar-refractivity contribution is 7.46. The third kappa shape index (κ3) is 1.06. The maximum absolute atomic E-state index is 9.39. The van der Waals surface area contributed by atoms with E-state index in [-0.39, 0.29) is 11.1 Å². The van der Waals surface area contributed by atoms with Gasteiger partial charge >= 0.3 is 0 Å². The van der Waals surface area contributed by atoms with Crippen molar-refractivity contribution in [2.45, 2.75) is 45.7 Å². The lowest BCUT2D eigenvalue weighted by atomic mass is 9.71. The van der Waals surface area contributed by atoms with Crippen molar-refractivity contribution in [1.29, 1.82) is 0 Å². The van der Waals surface area contributed by atoms with E-state index in [1.807, 2.05) is 0 Å². The van der Waals surface area contributed by atoms with E-state index in [4.69, 9.17) is 0 Å². The molecule has 3 atom stereocenters. The minimum absolute atomic E-state index is 0.163. The second-order valence-corrected chi connectivity index (χ2v) is 6.71. The zero-order valence-electron chi connectivity index (χ0n) is 8.62. The van der Waals surface area contributed by atoms with Gasteiger partial charge in [-0.3, -0.25) is 0 Å². The standard InChI is InChI=1S/C10H19O2P/c1-9(2)7-4-5-10(9,3)8(6-7)13(11)12/h7-8,11-12H,4-6H2,1-3H3/t7-,8+,10+/m0/s1. The van der Waals surface area contributed by atoms with Gasteiger partial charge in [-0.1, -0.05) is 20.8 Å². The van der Waals surface area contributed by atoms with Crippen LogP contribution in [0, 0.1) is 16.7 Å². The third-order valence-corrected chi connectivity index (χ3v) is 6.36. The van der Waals surface area contributed by atoms with Crippen molar-refractivity contribution in [1.82, 2.24) is 0 Å². The predicted octanol–water partition coefficient (Wildman–Crippen LogP) is 2.50. The lowest BCUT2D eigenvalue weighted by molar-refractivity contribution is 0.150. The summed E-state index contributed by atoms with van der Waals surface area (Å²) in [5.41, 5.74) is 0.646. The Morgan fingerprint density at radius 2 is 1.85 bits per heavy atom. The van der Waals surface area contributed by atoms with Crippen molar-refractivity contribution >= 4 is 8.38 Å². The molecule has 2 bridgehead atoms. The average molecular weight is 202 g/mol. The van der Waals surface area contributed by atoms with Crippen LogP contribution in [0.1, 0.15) is 40.0 Å². The summed E-state index contributed by atoms with van der Waals surface area (Å²) in [5, 5.41) is 0. The Bertz CT molecular complexity index is 227. The van der Waals surface area contributed by atoms with Gasteiger partial charge in [0.25, 0.3) is 0 Å². The first kappa shape index (κ1) is 9.89. The van der Waals surface area contributed by atoms with Crippen LogP contribution in [-0.4, -0.2) is 15.4 Å². The van der Waals surface area contributed by atoms with Gasteiger partial charge in [0.05, 0.1) is 0 Å². The maximum atomic E-state index is 9.39. The summed E-state index contributed by atoms with van der Waals surface area (Å²) in [5.74, 6) is 0.715. The molecule has 0 saturated heterocycles. The summed E-state index contributed by atoms with van der Waals surface area (Å²) >= 11 is 0. The Morgan fingerprint density at radius 1 is 1.23 bits per heavy atom. The van der Waals surface area contributed by atoms with Gasteiger partial charge in [0.2, 0.25) is 0 Å². The minimum Gasteiger partial charge on any atom is -0.350 e. The molecule has 76 valence electrons. The van der Waals surface area contributed by atoms with Gasteiger partial charge in [0.15, 0.2) is 8.38 Å². The van der Waals surface area contributed by atoms with E-state index >= 15 is 0 Å². The van der Waals surface area contributed by atoms with Crippen molar-refractivity contribution in [2.24, 2.45) is 16.7 Å². The summed E-state index contributed by atoms with van der Waals surface area (Å²) < 4.78 is 0. The van der Waals surface area contributed by atoms with Gasteiger partial charge in [-0.05, 0) is 36.0 Å². The van der Waals surface area contributed by atoms with E-state index < -0.39 is 8.38 Å². The molecule has 13 heavy (non-hydrogen) atoms. The second-order valence-electron chi connectivity index (χ2n) is 5.45. The molecule has 2 saturated carbocycles. The number of hydrogen-bond donors (Lipinski definition) is 2. The van der Waals surface area contributed by atoms with Crippen LogP contribution in [0.2, 0.25) is 0 Å². The fourth-order valence-electron chi connectivity index (χ4n) is 3.51. The molecule has 0 aromatic rings. The maximum Gasteiger partial charge on any atom is 0.168 e. The average Bonchev–Trinajstić information content (AvgIpc) is 2.34. The molecular weight excluding hydrogens is 183 g/mol. The molecule has 0 radical (unpaired) electrons. The second kappa shape index (κ2) is 2.68. The zero-order chi connectivity index (χ0) is 9.85. The fourth-order valence-corrected chi connectivity index (χ4v) is 4.93. The molecule has 0 aromatic heterocycles. The Hall–Kier alpha value is 0.350. The van der Waals surface area contributed by atoms with Crippen LogP contribution in [0.4, 0.5) is 0 Å². The van der Waals surface area contributed by atoms with Gasteiger partial charge < -0.3 is 9.79 Å². The summed E-state index contributed by atoms with van der Waals surface area (Å²) in [6, 6.07) is 0. The molecule has 2 nitrogen and oxygen atoms in total. The zero-order valence-corrected chi connectivity index (χ0v) is 9.51. The highest BCUT2D eigenvalue weighted by Gasteiger charge is 2.63. The first-order valence-corrected chi connectivity index (χ1v) is 6.38. The number of hydrogen-bond acceptors (Lipinski definition) is 2. The smallest absolute Gasteiger partial charge is 0.168 e. The van der Waals surface area contributed by atoms with Crippen LogP contribution < -0.4 is 0 Å². The normalized spacial score (nSPS) is 47.5. The summed E-state index contributed by atoms with van der Waals surface area (Å²) in [6.45, 7) is 6.83. The van der Waals surface area contributed by atoms with E-state index in [0.717, 1.165) is 6.42 Å². The largest absolute Gasteiger partial charge is 0.350 e. The molecule has 2 N–H and O–H groups in total. The molecule has 2 fully saturated rings. The molecule has 0 heterocycles. The quantitative estimate of drug-likeness (QED) is 0.641. The van der Waals surface area contributed by atoms with Crippen LogP contribution in [0.5, 0.6) is 0 Å². The minimum atomic E-state index is -1.72. The van der Waals surface area contributed by atoms with Crippen LogP contribution in [0.15, 0.2) is 0 Å². The van der Waals surface area contributed by atoms with Crippen LogP contribution in [-0.2, 0) is 0 Å². The molecule has 0 amide bonds. The highest BCUT2D eigenvalue weighted by atomic mass is 31.2. The van der Waals surface area contributed by atoms with Crippen LogP contribution in [0.25, 0.3) is 0 Å². The Balaban J connectivity index is 2.33. The molecule has 3 heteroatoms. The highest BCUT2D eigenvalue weighted by Crippen LogP contribution is 2.71. The topological polar surface area (TPSA) is 40.5 Å². The van der Waals surface area contributed by atoms with Gasteiger partial charge in [-0.2, -0.15) is 0 Å². The molecule has 2 aliphatic carbocycles. The van der Waals surface area contributed by atoms with Crippen LogP contribution in [0.3, 0.4) is 0 Å². The molecule has 0 unspecified atom stereocenters. The van der Waals surface area contributed by atoms with Gasteiger partial charge in [-0.15, -0.1) is 0 Å². The monoisotopic (exact) mass is 202 g/mol. The molecule has 2 rings (SSSR count). The van der Waals surface area contributed by atoms with Crippen LogP contribution >= 0.6 is 8.38 Å². The number of rotatable bonds is 1. The van der Waals surface area contributed by atoms with Crippen molar-refractivity contribution < 1.29 is 9.79 Å². The lowest BCUT2D eigenvalue weighted by Gasteiger charge is -2.39. The predicted molar refractivity (Wildman–Crippen MR) is 54.4 cm³/mol. The molecule has 0 aliphatic heterocycles. The summed E-state index contributed by atoms with van der Waals surface area (Å²) in [7, 11) is -1.72. The van der Waals surface area contributed by atoms with Gasteiger partial charge in [0.1, 0.15) is 0 Å². The Morgan fingerprint density at radius 3 is 2.08 bits per heavy atom.